The molecule has 2 aliphatic heterocycles. The van der Waals surface area contributed by atoms with E-state index >= 15 is 0 Å². The first-order chi connectivity index (χ1) is 15.8. The van der Waals surface area contributed by atoms with Crippen molar-refractivity contribution in [2.75, 3.05) is 26.3 Å². The molecule has 2 aliphatic rings. The molecule has 0 radical (unpaired) electrons. The van der Waals surface area contributed by atoms with E-state index in [4.69, 9.17) is 21.1 Å². The van der Waals surface area contributed by atoms with E-state index in [1.165, 1.54) is 0 Å². The smallest absolute Gasteiger partial charge is 0.254 e. The molecule has 33 heavy (non-hydrogen) atoms. The molecule has 2 aromatic carbocycles. The monoisotopic (exact) mass is 442 g/mol. The fourth-order valence-electron chi connectivity index (χ4n) is 4.64. The lowest BCUT2D eigenvalue weighted by Gasteiger charge is -2.40. The number of nitrogens with one attached hydrogen (secondary N) is 1. The number of likely N-dealkylation sites (tertiary alicyclic amines) is 1. The molecule has 0 saturated carbocycles. The highest BCUT2D eigenvalue weighted by molar-refractivity contribution is 6.12. The molecule has 0 spiro atoms. The lowest BCUT2D eigenvalue weighted by Crippen LogP contribution is -2.48. The fourth-order valence-corrected chi connectivity index (χ4v) is 4.64. The van der Waals surface area contributed by atoms with Gasteiger partial charge in [0.1, 0.15) is 0 Å². The van der Waals surface area contributed by atoms with Crippen LogP contribution in [0.4, 0.5) is 0 Å². The first kappa shape index (κ1) is 22.8. The van der Waals surface area contributed by atoms with Crippen LogP contribution >= 0.6 is 0 Å². The van der Waals surface area contributed by atoms with Gasteiger partial charge >= 0.3 is 0 Å². The second-order valence-corrected chi connectivity index (χ2v) is 9.14. The van der Waals surface area contributed by atoms with E-state index in [9.17, 15) is 4.79 Å². The van der Waals surface area contributed by atoms with E-state index in [1.54, 1.807) is 0 Å². The number of hydrogen-bond donors (Lipinski definition) is 2. The van der Waals surface area contributed by atoms with Gasteiger partial charge in [-0.05, 0) is 67.7 Å². The summed E-state index contributed by atoms with van der Waals surface area (Å²) in [5, 5.41) is 17.8. The SMILES string of the molecule is CC(C(=N)c1cc(C(=O)N2CC(c3ccc(C#N)cc3)C2)c(C)cc1C)=C(N)C1CCOC1. The van der Waals surface area contributed by atoms with E-state index in [0.29, 0.717) is 48.8 Å². The molecule has 0 aromatic heterocycles. The zero-order chi connectivity index (χ0) is 23.7. The van der Waals surface area contributed by atoms with Crippen molar-refractivity contribution in [1.82, 2.24) is 4.90 Å². The van der Waals surface area contributed by atoms with Crippen LogP contribution in [0.15, 0.2) is 47.7 Å². The third kappa shape index (κ3) is 4.42. The first-order valence-electron chi connectivity index (χ1n) is 11.3. The topological polar surface area (TPSA) is 103 Å². The molecular weight excluding hydrogens is 412 g/mol. The molecule has 2 aromatic rings. The number of hydrogen-bond acceptors (Lipinski definition) is 5. The van der Waals surface area contributed by atoms with Gasteiger partial charge in [0.2, 0.25) is 0 Å². The number of nitriles is 1. The average molecular weight is 443 g/mol. The number of amides is 1. The highest BCUT2D eigenvalue weighted by Gasteiger charge is 2.33. The van der Waals surface area contributed by atoms with Gasteiger partial charge < -0.3 is 15.4 Å². The molecule has 1 unspecified atom stereocenters. The van der Waals surface area contributed by atoms with E-state index < -0.39 is 0 Å². The van der Waals surface area contributed by atoms with Crippen LogP contribution < -0.4 is 5.73 Å². The Labute approximate surface area is 195 Å². The Balaban J connectivity index is 1.52. The second kappa shape index (κ2) is 9.21. The number of carbonyl (C=O) groups is 1. The third-order valence-electron chi connectivity index (χ3n) is 6.93. The van der Waals surface area contributed by atoms with E-state index in [0.717, 1.165) is 34.2 Å². The normalized spacial score (nSPS) is 19.0. The Kier molecular flexibility index (Phi) is 6.35. The standard InChI is InChI=1S/C27H30N4O2/c1-16-10-17(2)24(11-23(16)26(30)18(3)25(29)21-8-9-33-15-21)27(32)31-13-22(14-31)20-6-4-19(12-28)5-7-20/h4-7,10-11,21-22,30H,8-9,13-15,29H2,1-3H3. The van der Waals surface area contributed by atoms with Crippen molar-refractivity contribution in [1.29, 1.82) is 10.7 Å². The highest BCUT2D eigenvalue weighted by atomic mass is 16.5. The summed E-state index contributed by atoms with van der Waals surface area (Å²) in [6, 6.07) is 13.5. The molecule has 170 valence electrons. The molecule has 2 saturated heterocycles. The lowest BCUT2D eigenvalue weighted by atomic mass is 9.88. The minimum absolute atomic E-state index is 0.00903. The maximum Gasteiger partial charge on any atom is 0.254 e. The minimum atomic E-state index is -0.00903. The predicted octanol–water partition coefficient (Wildman–Crippen LogP) is 4.05. The summed E-state index contributed by atoms with van der Waals surface area (Å²) in [6.45, 7) is 8.40. The van der Waals surface area contributed by atoms with Gasteiger partial charge in [0.15, 0.2) is 0 Å². The number of nitrogens with zero attached hydrogens (tertiary/aromatic N) is 2. The zero-order valence-electron chi connectivity index (χ0n) is 19.4. The third-order valence-corrected chi connectivity index (χ3v) is 6.93. The van der Waals surface area contributed by atoms with Gasteiger partial charge in [0, 0.05) is 48.4 Å². The first-order valence-corrected chi connectivity index (χ1v) is 11.3. The van der Waals surface area contributed by atoms with Gasteiger partial charge in [-0.2, -0.15) is 5.26 Å². The average Bonchev–Trinajstić information content (AvgIpc) is 3.32. The van der Waals surface area contributed by atoms with E-state index in [1.807, 2.05) is 62.1 Å². The Morgan fingerprint density at radius 3 is 2.42 bits per heavy atom. The van der Waals surface area contributed by atoms with Crippen LogP contribution in [0.2, 0.25) is 0 Å². The molecule has 1 atom stereocenters. The molecule has 0 bridgehead atoms. The van der Waals surface area contributed by atoms with Crippen molar-refractivity contribution >= 4 is 11.6 Å². The largest absolute Gasteiger partial charge is 0.401 e. The zero-order valence-corrected chi connectivity index (χ0v) is 19.4. The summed E-state index contributed by atoms with van der Waals surface area (Å²) in [7, 11) is 0. The maximum atomic E-state index is 13.3. The number of ether oxygens (including phenoxy) is 1. The number of nitrogens with two attached hydrogens (primary N) is 1. The van der Waals surface area contributed by atoms with Gasteiger partial charge in [-0.25, -0.2) is 0 Å². The van der Waals surface area contributed by atoms with Gasteiger partial charge in [-0.15, -0.1) is 0 Å². The van der Waals surface area contributed by atoms with Crippen molar-refractivity contribution in [3.63, 3.8) is 0 Å². The Morgan fingerprint density at radius 1 is 1.15 bits per heavy atom. The second-order valence-electron chi connectivity index (χ2n) is 9.14. The Bertz CT molecular complexity index is 1160. The summed E-state index contributed by atoms with van der Waals surface area (Å²) < 4.78 is 5.45. The van der Waals surface area contributed by atoms with E-state index in [2.05, 4.69) is 6.07 Å². The van der Waals surface area contributed by atoms with Crippen LogP contribution in [0.3, 0.4) is 0 Å². The van der Waals surface area contributed by atoms with Crippen molar-refractivity contribution in [2.45, 2.75) is 33.1 Å². The molecule has 3 N–H and O–H groups in total. The summed E-state index contributed by atoms with van der Waals surface area (Å²) in [5.41, 5.74) is 13.2. The Morgan fingerprint density at radius 2 is 1.82 bits per heavy atom. The summed E-state index contributed by atoms with van der Waals surface area (Å²) >= 11 is 0. The fraction of sp³-hybridized carbons (Fsp3) is 0.370. The highest BCUT2D eigenvalue weighted by Crippen LogP contribution is 2.30. The number of carbonyl (C=O) groups excluding carboxylic acids is 1. The van der Waals surface area contributed by atoms with Crippen molar-refractivity contribution in [3.8, 4) is 6.07 Å². The molecule has 6 heteroatoms. The van der Waals surface area contributed by atoms with E-state index in [-0.39, 0.29) is 17.7 Å². The number of aryl methyl sites for hydroxylation is 2. The predicted molar refractivity (Wildman–Crippen MR) is 128 cm³/mol. The van der Waals surface area contributed by atoms with Crippen molar-refractivity contribution in [2.24, 2.45) is 11.7 Å². The van der Waals surface area contributed by atoms with Gasteiger partial charge in [-0.1, -0.05) is 18.2 Å². The summed E-state index contributed by atoms with van der Waals surface area (Å²) in [4.78, 5) is 15.1. The van der Waals surface area contributed by atoms with Crippen molar-refractivity contribution < 1.29 is 9.53 Å². The summed E-state index contributed by atoms with van der Waals surface area (Å²) in [5.74, 6) is 0.423. The maximum absolute atomic E-state index is 13.3. The van der Waals surface area contributed by atoms with Gasteiger partial charge in [0.25, 0.3) is 5.91 Å². The number of benzene rings is 2. The molecule has 2 heterocycles. The quantitative estimate of drug-likeness (QED) is 0.682. The van der Waals surface area contributed by atoms with Crippen LogP contribution in [0.25, 0.3) is 0 Å². The number of rotatable bonds is 5. The molecular formula is C27H30N4O2. The van der Waals surface area contributed by atoms with Crippen LogP contribution in [-0.4, -0.2) is 42.8 Å². The van der Waals surface area contributed by atoms with Crippen LogP contribution in [-0.2, 0) is 4.74 Å². The lowest BCUT2D eigenvalue weighted by molar-refractivity contribution is 0.0601. The van der Waals surface area contributed by atoms with Gasteiger partial charge in [-0.3, -0.25) is 10.2 Å². The molecule has 0 aliphatic carbocycles. The van der Waals surface area contributed by atoms with Crippen LogP contribution in [0, 0.1) is 36.5 Å². The molecule has 2 fully saturated rings. The Hall–Kier alpha value is -3.43. The summed E-state index contributed by atoms with van der Waals surface area (Å²) in [6.07, 6.45) is 0.877. The van der Waals surface area contributed by atoms with Crippen LogP contribution in [0.5, 0.6) is 0 Å². The minimum Gasteiger partial charge on any atom is -0.401 e. The van der Waals surface area contributed by atoms with Gasteiger partial charge in [0.05, 0.1) is 24.0 Å². The molecule has 4 rings (SSSR count). The molecule has 1 amide bonds. The van der Waals surface area contributed by atoms with Crippen molar-refractivity contribution in [3.05, 3.63) is 81.0 Å². The van der Waals surface area contributed by atoms with Crippen LogP contribution in [0.1, 0.15) is 57.4 Å². The number of allylic oxidation sites excluding steroid dienone is 1. The molecule has 6 nitrogen and oxygen atoms in total.